The lowest BCUT2D eigenvalue weighted by atomic mass is 10.1. The van der Waals surface area contributed by atoms with E-state index in [9.17, 15) is 5.11 Å². The number of pyridine rings is 1. The van der Waals surface area contributed by atoms with Gasteiger partial charge in [0.15, 0.2) is 5.65 Å². The van der Waals surface area contributed by atoms with E-state index in [0.29, 0.717) is 25.5 Å². The lowest BCUT2D eigenvalue weighted by Crippen LogP contribution is -2.07. The van der Waals surface area contributed by atoms with Crippen molar-refractivity contribution in [1.82, 2.24) is 19.6 Å². The first-order chi connectivity index (χ1) is 15.2. The topological polar surface area (TPSA) is 93.8 Å². The van der Waals surface area contributed by atoms with Gasteiger partial charge in [-0.05, 0) is 54.3 Å². The van der Waals surface area contributed by atoms with Gasteiger partial charge in [-0.2, -0.15) is 0 Å². The van der Waals surface area contributed by atoms with Gasteiger partial charge in [0.05, 0.1) is 13.2 Å². The molecule has 2 N–H and O–H groups in total. The number of methoxy groups -OCH3 is 1. The Bertz CT molecular complexity index is 1110. The molecule has 1 atom stereocenters. The Morgan fingerprint density at radius 1 is 1.06 bits per heavy atom. The number of hydrogen-bond donors (Lipinski definition) is 2. The van der Waals surface area contributed by atoms with Crippen molar-refractivity contribution in [2.24, 2.45) is 0 Å². The number of aromatic nitrogens is 4. The normalized spacial score (nSPS) is 11.9. The van der Waals surface area contributed by atoms with E-state index < -0.39 is 6.10 Å². The van der Waals surface area contributed by atoms with Crippen LogP contribution in [-0.2, 0) is 6.61 Å². The second-order valence-corrected chi connectivity index (χ2v) is 7.10. The number of nitrogens with zero attached hydrogens (tertiary/aromatic N) is 4. The summed E-state index contributed by atoms with van der Waals surface area (Å²) in [7, 11) is 1.64. The minimum Gasteiger partial charge on any atom is -0.497 e. The Balaban J connectivity index is 1.24. The molecule has 0 spiro atoms. The van der Waals surface area contributed by atoms with Crippen LogP contribution in [0.1, 0.15) is 30.1 Å². The number of imidazole rings is 1. The Kier molecular flexibility index (Phi) is 6.59. The molecule has 1 aromatic carbocycles. The summed E-state index contributed by atoms with van der Waals surface area (Å²) in [5.74, 6) is 2.07. The lowest BCUT2D eigenvalue weighted by molar-refractivity contribution is 0.165. The summed E-state index contributed by atoms with van der Waals surface area (Å²) < 4.78 is 12.7. The van der Waals surface area contributed by atoms with Crippen molar-refractivity contribution in [3.63, 3.8) is 0 Å². The van der Waals surface area contributed by atoms with E-state index >= 15 is 0 Å². The van der Waals surface area contributed by atoms with Crippen molar-refractivity contribution in [2.75, 3.05) is 19.0 Å². The van der Waals surface area contributed by atoms with Gasteiger partial charge in [0.1, 0.15) is 18.2 Å². The molecule has 31 heavy (non-hydrogen) atoms. The van der Waals surface area contributed by atoms with E-state index in [-0.39, 0.29) is 0 Å². The van der Waals surface area contributed by atoms with E-state index in [1.165, 1.54) is 0 Å². The fourth-order valence-corrected chi connectivity index (χ4v) is 3.18. The predicted molar refractivity (Wildman–Crippen MR) is 117 cm³/mol. The summed E-state index contributed by atoms with van der Waals surface area (Å²) in [6, 6.07) is 15.1. The number of rotatable bonds is 10. The number of aliphatic hydroxyl groups excluding tert-OH is 1. The average molecular weight is 419 g/mol. The summed E-state index contributed by atoms with van der Waals surface area (Å²) in [6.45, 7) is 1.10. The number of nitrogens with one attached hydrogen (secondary N) is 1. The number of aliphatic hydroxyl groups is 1. The molecule has 4 rings (SSSR count). The maximum Gasteiger partial charge on any atom is 0.213 e. The standard InChI is InChI=1S/C23H25N5O3/c1-30-19-6-4-17(5-7-19)16-31-23-15-18(10-12-26-23)20(29)3-2-11-24-21-8-9-22-25-13-14-28(22)27-21/h4-10,12-15,20,29H,2-3,11,16H2,1H3,(H,24,27). The van der Waals surface area contributed by atoms with Gasteiger partial charge >= 0.3 is 0 Å². The van der Waals surface area contributed by atoms with E-state index in [1.807, 2.05) is 48.7 Å². The van der Waals surface area contributed by atoms with Gasteiger partial charge in [-0.25, -0.2) is 14.5 Å². The molecular formula is C23H25N5O3. The van der Waals surface area contributed by atoms with Crippen molar-refractivity contribution in [3.8, 4) is 11.6 Å². The van der Waals surface area contributed by atoms with Crippen molar-refractivity contribution in [1.29, 1.82) is 0 Å². The molecule has 8 heteroatoms. The number of ether oxygens (including phenoxy) is 2. The van der Waals surface area contributed by atoms with Crippen LogP contribution in [0.25, 0.3) is 5.65 Å². The molecular weight excluding hydrogens is 394 g/mol. The van der Waals surface area contributed by atoms with Crippen molar-refractivity contribution < 1.29 is 14.6 Å². The molecule has 3 heterocycles. The van der Waals surface area contributed by atoms with Gasteiger partial charge in [0.25, 0.3) is 0 Å². The highest BCUT2D eigenvalue weighted by Gasteiger charge is 2.09. The van der Waals surface area contributed by atoms with Crippen LogP contribution in [0.4, 0.5) is 5.82 Å². The largest absolute Gasteiger partial charge is 0.497 e. The van der Waals surface area contributed by atoms with Crippen LogP contribution in [0.5, 0.6) is 11.6 Å². The van der Waals surface area contributed by atoms with Crippen LogP contribution in [-0.4, -0.2) is 38.3 Å². The van der Waals surface area contributed by atoms with E-state index in [2.05, 4.69) is 20.4 Å². The molecule has 0 saturated carbocycles. The summed E-state index contributed by atoms with van der Waals surface area (Å²) >= 11 is 0. The van der Waals surface area contributed by atoms with Gasteiger partial charge in [-0.15, -0.1) is 5.10 Å². The highest BCUT2D eigenvalue weighted by atomic mass is 16.5. The zero-order valence-corrected chi connectivity index (χ0v) is 17.3. The molecule has 0 saturated heterocycles. The molecule has 0 radical (unpaired) electrons. The summed E-state index contributed by atoms with van der Waals surface area (Å²) in [4.78, 5) is 8.42. The first kappa shape index (κ1) is 20.6. The highest BCUT2D eigenvalue weighted by molar-refractivity contribution is 5.43. The van der Waals surface area contributed by atoms with Gasteiger partial charge in [0, 0.05) is 31.2 Å². The Morgan fingerprint density at radius 2 is 1.94 bits per heavy atom. The van der Waals surface area contributed by atoms with Crippen LogP contribution in [0.2, 0.25) is 0 Å². The first-order valence-electron chi connectivity index (χ1n) is 10.2. The third kappa shape index (κ3) is 5.49. The molecule has 0 fully saturated rings. The molecule has 160 valence electrons. The summed E-state index contributed by atoms with van der Waals surface area (Å²) in [5.41, 5.74) is 2.61. The molecule has 0 amide bonds. The minimum absolute atomic E-state index is 0.398. The average Bonchev–Trinajstić information content (AvgIpc) is 3.29. The SMILES string of the molecule is COc1ccc(COc2cc(C(O)CCCNc3ccc4nccn4n3)ccn2)cc1. The van der Waals surface area contributed by atoms with Crippen molar-refractivity contribution in [3.05, 3.63) is 78.2 Å². The molecule has 0 bridgehead atoms. The number of fused-ring (bicyclic) bond motifs is 1. The fraction of sp³-hybridized carbons (Fsp3) is 0.261. The van der Waals surface area contributed by atoms with Gasteiger partial charge in [-0.1, -0.05) is 12.1 Å². The van der Waals surface area contributed by atoms with Crippen LogP contribution in [0.15, 0.2) is 67.1 Å². The zero-order valence-electron chi connectivity index (χ0n) is 17.3. The quantitative estimate of drug-likeness (QED) is 0.379. The lowest BCUT2D eigenvalue weighted by Gasteiger charge is -2.13. The van der Waals surface area contributed by atoms with Gasteiger partial charge in [-0.3, -0.25) is 0 Å². The van der Waals surface area contributed by atoms with Crippen molar-refractivity contribution >= 4 is 11.5 Å². The van der Waals surface area contributed by atoms with E-state index in [4.69, 9.17) is 9.47 Å². The van der Waals surface area contributed by atoms with Crippen LogP contribution in [0.3, 0.4) is 0 Å². The molecule has 4 aromatic rings. The number of benzene rings is 1. The monoisotopic (exact) mass is 419 g/mol. The zero-order chi connectivity index (χ0) is 21.5. The predicted octanol–water partition coefficient (Wildman–Crippen LogP) is 3.64. The Labute approximate surface area is 180 Å². The third-order valence-corrected chi connectivity index (χ3v) is 4.91. The smallest absolute Gasteiger partial charge is 0.213 e. The maximum absolute atomic E-state index is 10.5. The van der Waals surface area contributed by atoms with Crippen molar-refractivity contribution in [2.45, 2.75) is 25.6 Å². The second kappa shape index (κ2) is 9.90. The van der Waals surface area contributed by atoms with E-state index in [1.54, 1.807) is 30.1 Å². The third-order valence-electron chi connectivity index (χ3n) is 4.91. The summed E-state index contributed by atoms with van der Waals surface area (Å²) in [6.07, 6.45) is 5.99. The molecule has 0 aliphatic heterocycles. The molecule has 1 unspecified atom stereocenters. The Morgan fingerprint density at radius 3 is 2.77 bits per heavy atom. The van der Waals surface area contributed by atoms with Crippen LogP contribution >= 0.6 is 0 Å². The van der Waals surface area contributed by atoms with Gasteiger partial charge in [0.2, 0.25) is 5.88 Å². The molecule has 3 aromatic heterocycles. The van der Waals surface area contributed by atoms with Crippen LogP contribution < -0.4 is 14.8 Å². The maximum atomic E-state index is 10.5. The van der Waals surface area contributed by atoms with Gasteiger partial charge < -0.3 is 19.9 Å². The van der Waals surface area contributed by atoms with Crippen LogP contribution in [0, 0.1) is 0 Å². The minimum atomic E-state index is -0.586. The summed E-state index contributed by atoms with van der Waals surface area (Å²) in [5, 5.41) is 18.2. The molecule has 0 aliphatic carbocycles. The number of anilines is 1. The second-order valence-electron chi connectivity index (χ2n) is 7.10. The number of hydrogen-bond acceptors (Lipinski definition) is 7. The van der Waals surface area contributed by atoms with E-state index in [0.717, 1.165) is 34.8 Å². The Hall–Kier alpha value is -3.65. The fourth-order valence-electron chi connectivity index (χ4n) is 3.18. The molecule has 0 aliphatic rings. The highest BCUT2D eigenvalue weighted by Crippen LogP contribution is 2.22. The molecule has 8 nitrogen and oxygen atoms in total. The first-order valence-corrected chi connectivity index (χ1v) is 10.2.